The molecule has 0 unspecified atom stereocenters. The first-order chi connectivity index (χ1) is 9.15. The number of rotatable bonds is 1. The van der Waals surface area contributed by atoms with Crippen molar-refractivity contribution in [3.8, 4) is 11.3 Å². The Kier molecular flexibility index (Phi) is 2.84. The van der Waals surface area contributed by atoms with Crippen molar-refractivity contribution in [2.75, 3.05) is 0 Å². The number of aromatic amines is 1. The van der Waals surface area contributed by atoms with Crippen LogP contribution < -0.4 is 5.43 Å². The fourth-order valence-corrected chi connectivity index (χ4v) is 2.38. The lowest BCUT2D eigenvalue weighted by Crippen LogP contribution is -2.04. The second-order valence-electron chi connectivity index (χ2n) is 4.22. The first-order valence-electron chi connectivity index (χ1n) is 5.72. The van der Waals surface area contributed by atoms with Crippen LogP contribution in [0.25, 0.3) is 22.2 Å². The zero-order valence-corrected chi connectivity index (χ0v) is 10.5. The second-order valence-corrected chi connectivity index (χ2v) is 4.63. The van der Waals surface area contributed by atoms with Crippen molar-refractivity contribution in [2.45, 2.75) is 0 Å². The Morgan fingerprint density at radius 2 is 1.79 bits per heavy atom. The van der Waals surface area contributed by atoms with Gasteiger partial charge in [-0.2, -0.15) is 0 Å². The van der Waals surface area contributed by atoms with Gasteiger partial charge in [0.2, 0.25) is 0 Å². The Morgan fingerprint density at radius 3 is 2.53 bits per heavy atom. The van der Waals surface area contributed by atoms with E-state index in [0.717, 1.165) is 11.6 Å². The monoisotopic (exact) mass is 273 g/mol. The molecule has 19 heavy (non-hydrogen) atoms. The number of benzene rings is 2. The van der Waals surface area contributed by atoms with E-state index >= 15 is 0 Å². The van der Waals surface area contributed by atoms with Crippen LogP contribution in [0.4, 0.5) is 4.39 Å². The summed E-state index contributed by atoms with van der Waals surface area (Å²) in [6, 6.07) is 13.3. The van der Waals surface area contributed by atoms with Gasteiger partial charge in [-0.15, -0.1) is 0 Å². The van der Waals surface area contributed by atoms with E-state index in [2.05, 4.69) is 4.98 Å². The second kappa shape index (κ2) is 4.52. The number of fused-ring (bicyclic) bond motifs is 1. The number of H-pyrrole nitrogens is 1. The highest BCUT2D eigenvalue weighted by molar-refractivity contribution is 6.35. The van der Waals surface area contributed by atoms with Crippen LogP contribution in [0, 0.1) is 5.82 Å². The van der Waals surface area contributed by atoms with Gasteiger partial charge in [-0.1, -0.05) is 41.9 Å². The first kappa shape index (κ1) is 11.9. The van der Waals surface area contributed by atoms with Crippen molar-refractivity contribution in [1.82, 2.24) is 4.98 Å². The molecular formula is C15H9ClFNO. The standard InChI is InChI=1S/C15H9ClFNO/c16-11-6-10(17)7-13-15(11)14(19)8-12(18-13)9-4-2-1-3-5-9/h1-8H,(H,18,19). The van der Waals surface area contributed by atoms with E-state index in [0.29, 0.717) is 16.6 Å². The van der Waals surface area contributed by atoms with Gasteiger partial charge in [0, 0.05) is 11.8 Å². The molecule has 0 aliphatic rings. The highest BCUT2D eigenvalue weighted by atomic mass is 35.5. The van der Waals surface area contributed by atoms with E-state index in [1.165, 1.54) is 12.1 Å². The summed E-state index contributed by atoms with van der Waals surface area (Å²) in [5.74, 6) is -0.474. The molecule has 0 spiro atoms. The van der Waals surface area contributed by atoms with Crippen LogP contribution in [0.1, 0.15) is 0 Å². The minimum absolute atomic E-state index is 0.121. The van der Waals surface area contributed by atoms with Gasteiger partial charge in [-0.05, 0) is 17.7 Å². The normalized spacial score (nSPS) is 10.8. The summed E-state index contributed by atoms with van der Waals surface area (Å²) in [5.41, 5.74) is 1.68. The molecule has 0 bridgehead atoms. The fourth-order valence-electron chi connectivity index (χ4n) is 2.08. The van der Waals surface area contributed by atoms with Crippen molar-refractivity contribution in [3.05, 3.63) is 69.6 Å². The van der Waals surface area contributed by atoms with E-state index in [1.807, 2.05) is 30.3 Å². The van der Waals surface area contributed by atoms with Crippen LogP contribution in [0.15, 0.2) is 53.3 Å². The van der Waals surface area contributed by atoms with Crippen molar-refractivity contribution in [3.63, 3.8) is 0 Å². The summed E-state index contributed by atoms with van der Waals surface area (Å²) in [6.45, 7) is 0. The van der Waals surface area contributed by atoms with Crippen molar-refractivity contribution in [2.24, 2.45) is 0 Å². The minimum Gasteiger partial charge on any atom is -0.354 e. The average molecular weight is 274 g/mol. The van der Waals surface area contributed by atoms with Crippen molar-refractivity contribution >= 4 is 22.5 Å². The summed E-state index contributed by atoms with van der Waals surface area (Å²) >= 11 is 5.91. The molecule has 3 aromatic rings. The number of pyridine rings is 1. The van der Waals surface area contributed by atoms with Gasteiger partial charge < -0.3 is 4.98 Å². The molecule has 0 amide bonds. The molecule has 3 rings (SSSR count). The molecule has 2 nitrogen and oxygen atoms in total. The van der Waals surface area contributed by atoms with Crippen molar-refractivity contribution < 1.29 is 4.39 Å². The van der Waals surface area contributed by atoms with Crippen LogP contribution >= 0.6 is 11.6 Å². The number of hydrogen-bond donors (Lipinski definition) is 1. The lowest BCUT2D eigenvalue weighted by atomic mass is 10.1. The summed E-state index contributed by atoms with van der Waals surface area (Å²) in [4.78, 5) is 15.1. The molecule has 4 heteroatoms. The molecular weight excluding hydrogens is 265 g/mol. The van der Waals surface area contributed by atoms with E-state index in [9.17, 15) is 9.18 Å². The maximum atomic E-state index is 13.4. The lowest BCUT2D eigenvalue weighted by Gasteiger charge is -2.06. The summed E-state index contributed by atoms with van der Waals surface area (Å²) < 4.78 is 13.4. The van der Waals surface area contributed by atoms with E-state index < -0.39 is 5.82 Å². The number of nitrogens with one attached hydrogen (secondary N) is 1. The number of hydrogen-bond acceptors (Lipinski definition) is 1. The largest absolute Gasteiger partial charge is 0.354 e. The molecule has 0 saturated heterocycles. The van der Waals surface area contributed by atoms with Crippen molar-refractivity contribution in [1.29, 1.82) is 0 Å². The van der Waals surface area contributed by atoms with Crippen LogP contribution in [-0.2, 0) is 0 Å². The third kappa shape index (κ3) is 2.13. The van der Waals surface area contributed by atoms with E-state index in [1.54, 1.807) is 0 Å². The van der Waals surface area contributed by atoms with E-state index in [-0.39, 0.29) is 10.5 Å². The smallest absolute Gasteiger partial charge is 0.191 e. The Labute approximate surface area is 113 Å². The summed E-state index contributed by atoms with van der Waals surface area (Å²) in [5, 5.41) is 0.429. The Hall–Kier alpha value is -2.13. The average Bonchev–Trinajstić information content (AvgIpc) is 2.38. The fraction of sp³-hybridized carbons (Fsp3) is 0. The van der Waals surface area contributed by atoms with Gasteiger partial charge in [-0.25, -0.2) is 4.39 Å². The third-order valence-electron chi connectivity index (χ3n) is 2.93. The van der Waals surface area contributed by atoms with Gasteiger partial charge >= 0.3 is 0 Å². The Bertz CT molecular complexity index is 811. The predicted octanol–water partition coefficient (Wildman–Crippen LogP) is 3.99. The Balaban J connectivity index is 2.34. The maximum Gasteiger partial charge on any atom is 0.191 e. The van der Waals surface area contributed by atoms with Crippen LogP contribution in [-0.4, -0.2) is 4.98 Å². The third-order valence-corrected chi connectivity index (χ3v) is 3.23. The van der Waals surface area contributed by atoms with E-state index in [4.69, 9.17) is 11.6 Å². The molecule has 2 aromatic carbocycles. The predicted molar refractivity (Wildman–Crippen MR) is 75.0 cm³/mol. The minimum atomic E-state index is -0.474. The number of halogens is 2. The lowest BCUT2D eigenvalue weighted by molar-refractivity contribution is 0.629. The molecule has 1 heterocycles. The summed E-state index contributed by atoms with van der Waals surface area (Å²) in [6.07, 6.45) is 0. The highest BCUT2D eigenvalue weighted by Crippen LogP contribution is 2.23. The SMILES string of the molecule is O=c1cc(-c2ccccc2)[nH]c2cc(F)cc(Cl)c12. The molecule has 1 aromatic heterocycles. The zero-order chi connectivity index (χ0) is 13.4. The van der Waals surface area contributed by atoms with Gasteiger partial charge in [0.1, 0.15) is 5.82 Å². The number of aromatic nitrogens is 1. The topological polar surface area (TPSA) is 32.9 Å². The first-order valence-corrected chi connectivity index (χ1v) is 6.10. The van der Waals surface area contributed by atoms with Crippen LogP contribution in [0.2, 0.25) is 5.02 Å². The highest BCUT2D eigenvalue weighted by Gasteiger charge is 2.09. The van der Waals surface area contributed by atoms with Gasteiger partial charge in [0.25, 0.3) is 0 Å². The zero-order valence-electron chi connectivity index (χ0n) is 9.78. The quantitative estimate of drug-likeness (QED) is 0.714. The molecule has 1 N–H and O–H groups in total. The maximum absolute atomic E-state index is 13.4. The Morgan fingerprint density at radius 1 is 1.05 bits per heavy atom. The molecule has 0 radical (unpaired) electrons. The van der Waals surface area contributed by atoms with Crippen LogP contribution in [0.3, 0.4) is 0 Å². The van der Waals surface area contributed by atoms with Gasteiger partial charge in [0.15, 0.2) is 5.43 Å². The molecule has 0 fully saturated rings. The van der Waals surface area contributed by atoms with Gasteiger partial charge in [0.05, 0.1) is 15.9 Å². The summed E-state index contributed by atoms with van der Waals surface area (Å²) in [7, 11) is 0. The van der Waals surface area contributed by atoms with Crippen LogP contribution in [0.5, 0.6) is 0 Å². The molecule has 0 aliphatic heterocycles. The van der Waals surface area contributed by atoms with Gasteiger partial charge in [-0.3, -0.25) is 4.79 Å². The molecule has 0 saturated carbocycles. The molecule has 0 aliphatic carbocycles. The molecule has 0 atom stereocenters. The molecule has 94 valence electrons.